The number of ether oxygens (including phenoxy) is 2. The van der Waals surface area contributed by atoms with Crippen molar-refractivity contribution in [3.05, 3.63) is 166 Å². The molecule has 0 bridgehead atoms. The summed E-state index contributed by atoms with van der Waals surface area (Å²) in [7, 11) is 0. The van der Waals surface area contributed by atoms with Gasteiger partial charge in [-0.2, -0.15) is 0 Å². The summed E-state index contributed by atoms with van der Waals surface area (Å²) in [6.45, 7) is 7.23. The maximum atomic E-state index is 13.7. The fourth-order valence-corrected chi connectivity index (χ4v) is 17.1. The predicted molar refractivity (Wildman–Crippen MR) is 292 cm³/mol. The van der Waals surface area contributed by atoms with Crippen LogP contribution in [0.25, 0.3) is 22.3 Å². The number of ketones is 6. The molecular formula is C68H60O12. The standard InChI is InChI=1S/2C34H30O6/c2*1-33(22(35)15-16-23(33)36)17-20-25(18-9-5-3-6-10-18)28-26(19-11-7-4-8-12-19)21-13-14-24(37)34(21,2)30(28)29-27(20)31(38)40-32(29)39/h2*3-12,20,27,29-30H,13-17H2,1-2H3/t2*20-,27-,29-,30+,34-/m00/s1. The topological polar surface area (TPSA) is 189 Å². The number of allylic oxidation sites excluding steroid dienone is 8. The minimum atomic E-state index is -1.25. The van der Waals surface area contributed by atoms with Crippen molar-refractivity contribution in [1.29, 1.82) is 0 Å². The molecule has 10 atom stereocenters. The third-order valence-electron chi connectivity index (χ3n) is 21.0. The summed E-state index contributed by atoms with van der Waals surface area (Å²) in [4.78, 5) is 134. The number of cyclic esters (lactones) is 4. The number of rotatable bonds is 8. The lowest BCUT2D eigenvalue weighted by molar-refractivity contribution is -0.156. The Hall–Kier alpha value is -7.86. The van der Waals surface area contributed by atoms with Crippen molar-refractivity contribution in [2.24, 2.45) is 69.0 Å². The molecule has 12 nitrogen and oxygen atoms in total. The maximum absolute atomic E-state index is 13.7. The first-order valence-corrected chi connectivity index (χ1v) is 28.2. The van der Waals surface area contributed by atoms with E-state index in [4.69, 9.17) is 9.47 Å². The Morgan fingerprint density at radius 2 is 0.613 bits per heavy atom. The Morgan fingerprint density at radius 3 is 0.925 bits per heavy atom. The zero-order valence-electron chi connectivity index (χ0n) is 45.1. The molecule has 404 valence electrons. The van der Waals surface area contributed by atoms with Crippen molar-refractivity contribution in [1.82, 2.24) is 0 Å². The quantitative estimate of drug-likeness (QED) is 0.120. The van der Waals surface area contributed by atoms with E-state index in [1.54, 1.807) is 13.8 Å². The van der Waals surface area contributed by atoms with E-state index < -0.39 is 92.9 Å². The van der Waals surface area contributed by atoms with Crippen molar-refractivity contribution in [2.45, 2.75) is 91.9 Å². The molecule has 8 aliphatic carbocycles. The molecule has 0 spiro atoms. The van der Waals surface area contributed by atoms with E-state index >= 15 is 0 Å². The van der Waals surface area contributed by atoms with Gasteiger partial charge < -0.3 is 9.47 Å². The van der Waals surface area contributed by atoms with Crippen molar-refractivity contribution < 1.29 is 57.4 Å². The number of Topliss-reactive ketones (excluding diaryl/α,β-unsaturated/α-hetero) is 6. The number of hydrogen-bond acceptors (Lipinski definition) is 12. The third-order valence-corrected chi connectivity index (χ3v) is 21.0. The van der Waals surface area contributed by atoms with Crippen LogP contribution in [-0.2, 0) is 57.4 Å². The second-order valence-electron chi connectivity index (χ2n) is 24.6. The fraction of sp³-hybridized carbons (Fsp3) is 0.382. The molecule has 2 heterocycles. The normalized spacial score (nSPS) is 32.5. The zero-order chi connectivity index (χ0) is 55.9. The summed E-state index contributed by atoms with van der Waals surface area (Å²) in [5, 5.41) is 0. The van der Waals surface area contributed by atoms with Crippen molar-refractivity contribution in [3.63, 3.8) is 0 Å². The largest absolute Gasteiger partial charge is 0.393 e. The molecule has 4 aromatic carbocycles. The number of carbonyl (C=O) groups is 10. The predicted octanol–water partition coefficient (Wildman–Crippen LogP) is 10.3. The van der Waals surface area contributed by atoms with Gasteiger partial charge in [-0.15, -0.1) is 0 Å². The van der Waals surface area contributed by atoms with E-state index in [0.717, 1.165) is 66.8 Å². The van der Waals surface area contributed by atoms with Gasteiger partial charge in [-0.1, -0.05) is 121 Å². The Bertz CT molecular complexity index is 3360. The molecule has 14 rings (SSSR count). The van der Waals surface area contributed by atoms with Crippen LogP contribution in [0.3, 0.4) is 0 Å². The van der Waals surface area contributed by atoms with Gasteiger partial charge in [-0.05, 0) is 120 Å². The maximum Gasteiger partial charge on any atom is 0.318 e. The highest BCUT2D eigenvalue weighted by Crippen LogP contribution is 2.71. The zero-order valence-corrected chi connectivity index (χ0v) is 45.1. The minimum Gasteiger partial charge on any atom is -0.393 e. The molecule has 0 amide bonds. The second kappa shape index (κ2) is 18.3. The van der Waals surface area contributed by atoms with E-state index in [2.05, 4.69) is 0 Å². The average Bonchev–Trinajstić information content (AvgIpc) is 4.48. The lowest BCUT2D eigenvalue weighted by atomic mass is 9.55. The molecule has 2 saturated heterocycles. The van der Waals surface area contributed by atoms with Crippen LogP contribution >= 0.6 is 0 Å². The molecule has 0 N–H and O–H groups in total. The number of fused-ring (bicyclic) bond motifs is 10. The molecule has 4 aromatic rings. The van der Waals surface area contributed by atoms with Crippen LogP contribution in [0.2, 0.25) is 0 Å². The summed E-state index contributed by atoms with van der Waals surface area (Å²) in [5.41, 5.74) is 6.67. The molecule has 80 heavy (non-hydrogen) atoms. The van der Waals surface area contributed by atoms with E-state index in [-0.39, 0.29) is 73.2 Å². The lowest BCUT2D eigenvalue weighted by Gasteiger charge is -2.44. The molecule has 4 saturated carbocycles. The van der Waals surface area contributed by atoms with Gasteiger partial charge in [-0.3, -0.25) is 47.9 Å². The van der Waals surface area contributed by atoms with E-state index in [1.165, 1.54) is 0 Å². The van der Waals surface area contributed by atoms with E-state index in [9.17, 15) is 47.9 Å². The summed E-state index contributed by atoms with van der Waals surface area (Å²) < 4.78 is 10.7. The van der Waals surface area contributed by atoms with Gasteiger partial charge in [0.15, 0.2) is 0 Å². The van der Waals surface area contributed by atoms with Crippen LogP contribution in [-0.4, -0.2) is 58.6 Å². The second-order valence-corrected chi connectivity index (χ2v) is 24.6. The smallest absolute Gasteiger partial charge is 0.318 e. The van der Waals surface area contributed by atoms with Gasteiger partial charge in [0, 0.05) is 62.2 Å². The first-order chi connectivity index (χ1) is 38.3. The van der Waals surface area contributed by atoms with Crippen LogP contribution in [0.5, 0.6) is 0 Å². The molecule has 2 aliphatic heterocycles. The van der Waals surface area contributed by atoms with Crippen LogP contribution in [0.15, 0.2) is 144 Å². The van der Waals surface area contributed by atoms with Crippen LogP contribution in [0, 0.1) is 69.0 Å². The monoisotopic (exact) mass is 1070 g/mol. The Morgan fingerprint density at radius 1 is 0.338 bits per heavy atom. The molecule has 10 aliphatic rings. The Kier molecular flexibility index (Phi) is 11.8. The van der Waals surface area contributed by atoms with Gasteiger partial charge in [0.25, 0.3) is 0 Å². The highest BCUT2D eigenvalue weighted by atomic mass is 16.6. The van der Waals surface area contributed by atoms with Gasteiger partial charge >= 0.3 is 23.9 Å². The highest BCUT2D eigenvalue weighted by Gasteiger charge is 2.70. The molecule has 12 heteroatoms. The first kappa shape index (κ1) is 51.6. The van der Waals surface area contributed by atoms with Gasteiger partial charge in [0.1, 0.15) is 34.7 Å². The molecule has 6 fully saturated rings. The Labute approximate surface area is 463 Å². The fourth-order valence-electron chi connectivity index (χ4n) is 17.1. The van der Waals surface area contributed by atoms with Crippen molar-refractivity contribution >= 4 is 80.9 Å². The SMILES string of the molecule is CC1(C[C@H]2C(c3ccccc3)=C3C(c4ccccc4)=C4CCC(=O)[C@@]4(C)[C@H]3[C@H]3C(=O)OC(=O)[C@H]32)C(=O)CCC1=O.CC1(C[C@H]2C(c3ccccc3)=C3C(c4ccccc4)=C4CCC(=O)[C@@]4(C)[C@H]3[C@H]3C(=O)OC(=O)[C@H]32)C(=O)CCC1=O. The van der Waals surface area contributed by atoms with Gasteiger partial charge in [-0.25, -0.2) is 0 Å². The number of esters is 4. The first-order valence-electron chi connectivity index (χ1n) is 28.2. The van der Waals surface area contributed by atoms with Gasteiger partial charge in [0.05, 0.1) is 45.3 Å². The van der Waals surface area contributed by atoms with Crippen LogP contribution in [0.4, 0.5) is 0 Å². The summed E-state index contributed by atoms with van der Waals surface area (Å²) in [6, 6.07) is 39.2. The summed E-state index contributed by atoms with van der Waals surface area (Å²) in [5.74, 6) is -8.67. The molecule has 0 radical (unpaired) electrons. The average molecular weight is 1070 g/mol. The summed E-state index contributed by atoms with van der Waals surface area (Å²) in [6.07, 6.45) is 2.93. The minimum absolute atomic E-state index is 0.0702. The molecular weight excluding hydrogens is 1010 g/mol. The Balaban J connectivity index is 0.000000151. The van der Waals surface area contributed by atoms with E-state index in [0.29, 0.717) is 25.7 Å². The van der Waals surface area contributed by atoms with Crippen LogP contribution < -0.4 is 0 Å². The van der Waals surface area contributed by atoms with Crippen molar-refractivity contribution in [2.75, 3.05) is 0 Å². The van der Waals surface area contributed by atoms with Gasteiger partial charge in [0.2, 0.25) is 0 Å². The highest BCUT2D eigenvalue weighted by molar-refractivity contribution is 6.15. The molecule has 0 aromatic heterocycles. The van der Waals surface area contributed by atoms with Crippen molar-refractivity contribution in [3.8, 4) is 0 Å². The van der Waals surface area contributed by atoms with Crippen LogP contribution in [0.1, 0.15) is 114 Å². The number of hydrogen-bond donors (Lipinski definition) is 0. The third kappa shape index (κ3) is 7.05. The lowest BCUT2D eigenvalue weighted by Crippen LogP contribution is -2.47. The number of carbonyl (C=O) groups excluding carboxylic acids is 10. The summed E-state index contributed by atoms with van der Waals surface area (Å²) >= 11 is 0. The van der Waals surface area contributed by atoms with E-state index in [1.807, 2.05) is 135 Å². The number of benzene rings is 4. The molecule has 0 unspecified atom stereocenters.